The van der Waals surface area contributed by atoms with Crippen molar-refractivity contribution < 1.29 is 4.74 Å². The van der Waals surface area contributed by atoms with Crippen molar-refractivity contribution in [3.63, 3.8) is 0 Å². The molecule has 0 amide bonds. The lowest BCUT2D eigenvalue weighted by Crippen LogP contribution is -2.38. The summed E-state index contributed by atoms with van der Waals surface area (Å²) in [6, 6.07) is 4.16. The van der Waals surface area contributed by atoms with E-state index in [2.05, 4.69) is 57.5 Å². The zero-order valence-corrected chi connectivity index (χ0v) is 14.8. The van der Waals surface area contributed by atoms with Crippen molar-refractivity contribution in [2.24, 2.45) is 10.9 Å². The summed E-state index contributed by atoms with van der Waals surface area (Å²) < 4.78 is 6.70. The van der Waals surface area contributed by atoms with E-state index >= 15 is 0 Å². The van der Waals surface area contributed by atoms with Crippen LogP contribution >= 0.6 is 27.3 Å². The molecule has 2 N–H and O–H groups in total. The second kappa shape index (κ2) is 10.2. The monoisotopic (exact) mass is 361 g/mol. The summed E-state index contributed by atoms with van der Waals surface area (Å²) >= 11 is 5.19. The first-order chi connectivity index (χ1) is 9.61. The van der Waals surface area contributed by atoms with Crippen LogP contribution in [0.2, 0.25) is 0 Å². The van der Waals surface area contributed by atoms with Crippen LogP contribution in [-0.4, -0.2) is 32.8 Å². The first-order valence-electron chi connectivity index (χ1n) is 6.88. The summed E-state index contributed by atoms with van der Waals surface area (Å²) in [6.45, 7) is 7.50. The minimum absolute atomic E-state index is 0.697. The summed E-state index contributed by atoms with van der Waals surface area (Å²) in [5, 5.41) is 6.52. The molecule has 1 rings (SSSR count). The third-order valence-electron chi connectivity index (χ3n) is 2.66. The fourth-order valence-corrected chi connectivity index (χ4v) is 2.92. The summed E-state index contributed by atoms with van der Waals surface area (Å²) in [7, 11) is 1.78. The van der Waals surface area contributed by atoms with Gasteiger partial charge in [0.25, 0.3) is 0 Å². The van der Waals surface area contributed by atoms with Crippen molar-refractivity contribution >= 4 is 33.2 Å². The van der Waals surface area contributed by atoms with E-state index in [1.165, 1.54) is 4.88 Å². The van der Waals surface area contributed by atoms with E-state index in [0.717, 1.165) is 35.9 Å². The number of rotatable bonds is 8. The van der Waals surface area contributed by atoms with Crippen LogP contribution in [-0.2, 0) is 11.3 Å². The van der Waals surface area contributed by atoms with Gasteiger partial charge in [0.15, 0.2) is 5.96 Å². The van der Waals surface area contributed by atoms with Gasteiger partial charge in [0.2, 0.25) is 0 Å². The van der Waals surface area contributed by atoms with Gasteiger partial charge in [-0.15, -0.1) is 11.3 Å². The van der Waals surface area contributed by atoms with Crippen molar-refractivity contribution in [3.8, 4) is 0 Å². The zero-order valence-electron chi connectivity index (χ0n) is 12.4. The standard InChI is InChI=1S/C14H24BrN3OS/c1-11(2)6-8-19-9-7-17-14(16-3)18-10-12-4-5-13(15)20-12/h4-5,11H,6-10H2,1-3H3,(H2,16,17,18). The molecular weight excluding hydrogens is 338 g/mol. The Hall–Kier alpha value is -0.590. The average molecular weight is 362 g/mol. The quantitative estimate of drug-likeness (QED) is 0.424. The minimum atomic E-state index is 0.697. The van der Waals surface area contributed by atoms with Crippen LogP contribution in [0, 0.1) is 5.92 Å². The van der Waals surface area contributed by atoms with E-state index in [-0.39, 0.29) is 0 Å². The normalized spacial score (nSPS) is 11.9. The largest absolute Gasteiger partial charge is 0.380 e. The van der Waals surface area contributed by atoms with Gasteiger partial charge in [0.1, 0.15) is 0 Å². The predicted molar refractivity (Wildman–Crippen MR) is 90.5 cm³/mol. The van der Waals surface area contributed by atoms with Gasteiger partial charge in [-0.2, -0.15) is 0 Å². The lowest BCUT2D eigenvalue weighted by atomic mass is 10.1. The van der Waals surface area contributed by atoms with Crippen LogP contribution in [0.1, 0.15) is 25.1 Å². The van der Waals surface area contributed by atoms with Gasteiger partial charge in [0.05, 0.1) is 16.9 Å². The Kier molecular flexibility index (Phi) is 8.89. The summed E-state index contributed by atoms with van der Waals surface area (Å²) in [5.41, 5.74) is 0. The molecule has 1 heterocycles. The number of halogens is 1. The highest BCUT2D eigenvalue weighted by atomic mass is 79.9. The number of hydrogen-bond donors (Lipinski definition) is 2. The molecule has 20 heavy (non-hydrogen) atoms. The third kappa shape index (κ3) is 7.87. The molecular formula is C14H24BrN3OS. The highest BCUT2D eigenvalue weighted by molar-refractivity contribution is 9.11. The molecule has 0 aromatic carbocycles. The van der Waals surface area contributed by atoms with E-state index in [9.17, 15) is 0 Å². The van der Waals surface area contributed by atoms with Gasteiger partial charge < -0.3 is 15.4 Å². The highest BCUT2D eigenvalue weighted by Gasteiger charge is 2.00. The molecule has 4 nitrogen and oxygen atoms in total. The molecule has 0 aliphatic carbocycles. The summed E-state index contributed by atoms with van der Waals surface area (Å²) in [4.78, 5) is 5.46. The van der Waals surface area contributed by atoms with Gasteiger partial charge in [0, 0.05) is 25.1 Å². The zero-order chi connectivity index (χ0) is 14.8. The number of ether oxygens (including phenoxy) is 1. The molecule has 0 atom stereocenters. The molecule has 0 aliphatic rings. The van der Waals surface area contributed by atoms with Crippen LogP contribution in [0.15, 0.2) is 20.9 Å². The van der Waals surface area contributed by atoms with Crippen LogP contribution in [0.3, 0.4) is 0 Å². The molecule has 0 fully saturated rings. The number of thiophene rings is 1. The number of aliphatic imine (C=N–C) groups is 1. The maximum atomic E-state index is 5.56. The van der Waals surface area contributed by atoms with Crippen molar-refractivity contribution in [3.05, 3.63) is 20.8 Å². The molecule has 0 bridgehead atoms. The molecule has 0 unspecified atom stereocenters. The molecule has 0 saturated heterocycles. The Morgan fingerprint density at radius 3 is 2.75 bits per heavy atom. The number of hydrogen-bond acceptors (Lipinski definition) is 3. The minimum Gasteiger partial charge on any atom is -0.380 e. The average Bonchev–Trinajstić information content (AvgIpc) is 2.82. The van der Waals surface area contributed by atoms with Crippen LogP contribution in [0.25, 0.3) is 0 Å². The number of guanidine groups is 1. The van der Waals surface area contributed by atoms with Crippen LogP contribution in [0.4, 0.5) is 0 Å². The van der Waals surface area contributed by atoms with Gasteiger partial charge in [-0.25, -0.2) is 0 Å². The fraction of sp³-hybridized carbons (Fsp3) is 0.643. The molecule has 1 aromatic heterocycles. The lowest BCUT2D eigenvalue weighted by molar-refractivity contribution is 0.128. The first kappa shape index (κ1) is 17.5. The highest BCUT2D eigenvalue weighted by Crippen LogP contribution is 2.21. The van der Waals surface area contributed by atoms with Crippen LogP contribution < -0.4 is 10.6 Å². The van der Waals surface area contributed by atoms with E-state index < -0.39 is 0 Å². The fourth-order valence-electron chi connectivity index (χ4n) is 1.50. The van der Waals surface area contributed by atoms with E-state index in [1.54, 1.807) is 18.4 Å². The molecule has 114 valence electrons. The van der Waals surface area contributed by atoms with Crippen molar-refractivity contribution in [1.82, 2.24) is 10.6 Å². The van der Waals surface area contributed by atoms with Gasteiger partial charge in [-0.1, -0.05) is 13.8 Å². The summed E-state index contributed by atoms with van der Waals surface area (Å²) in [6.07, 6.45) is 1.11. The molecule has 6 heteroatoms. The second-order valence-corrected chi connectivity index (χ2v) is 7.40. The predicted octanol–water partition coefficient (Wildman–Crippen LogP) is 3.24. The molecule has 0 spiro atoms. The molecule has 0 radical (unpaired) electrons. The number of nitrogens with one attached hydrogen (secondary N) is 2. The SMILES string of the molecule is CN=C(NCCOCCC(C)C)NCc1ccc(Br)s1. The Labute approximate surface area is 134 Å². The first-order valence-corrected chi connectivity index (χ1v) is 8.49. The van der Waals surface area contributed by atoms with Crippen LogP contribution in [0.5, 0.6) is 0 Å². The second-order valence-electron chi connectivity index (χ2n) is 4.85. The van der Waals surface area contributed by atoms with E-state index in [4.69, 9.17) is 4.74 Å². The maximum Gasteiger partial charge on any atom is 0.191 e. The molecule has 0 saturated carbocycles. The van der Waals surface area contributed by atoms with E-state index in [1.807, 2.05) is 0 Å². The van der Waals surface area contributed by atoms with Crippen molar-refractivity contribution in [1.29, 1.82) is 0 Å². The Morgan fingerprint density at radius 2 is 2.15 bits per heavy atom. The van der Waals surface area contributed by atoms with Crippen molar-refractivity contribution in [2.75, 3.05) is 26.8 Å². The maximum absolute atomic E-state index is 5.56. The van der Waals surface area contributed by atoms with Gasteiger partial charge >= 0.3 is 0 Å². The molecule has 0 aliphatic heterocycles. The van der Waals surface area contributed by atoms with E-state index in [0.29, 0.717) is 12.5 Å². The lowest BCUT2D eigenvalue weighted by Gasteiger charge is -2.11. The topological polar surface area (TPSA) is 45.7 Å². The molecule has 1 aromatic rings. The smallest absolute Gasteiger partial charge is 0.191 e. The van der Waals surface area contributed by atoms with Gasteiger partial charge in [-0.05, 0) is 40.4 Å². The number of nitrogens with zero attached hydrogens (tertiary/aromatic N) is 1. The third-order valence-corrected chi connectivity index (χ3v) is 4.28. The Morgan fingerprint density at radius 1 is 1.35 bits per heavy atom. The van der Waals surface area contributed by atoms with Crippen molar-refractivity contribution in [2.45, 2.75) is 26.8 Å². The Bertz CT molecular complexity index is 407. The Balaban J connectivity index is 2.11. The van der Waals surface area contributed by atoms with Gasteiger partial charge in [-0.3, -0.25) is 4.99 Å². The summed E-state index contributed by atoms with van der Waals surface area (Å²) in [5.74, 6) is 1.50.